The summed E-state index contributed by atoms with van der Waals surface area (Å²) in [5.41, 5.74) is 2.57. The number of amides is 2. The first-order chi connectivity index (χ1) is 13.9. The first kappa shape index (κ1) is 20.5. The second-order valence-corrected chi connectivity index (χ2v) is 7.34. The lowest BCUT2D eigenvalue weighted by atomic mass is 10.2. The van der Waals surface area contributed by atoms with Crippen molar-refractivity contribution in [3.63, 3.8) is 0 Å². The van der Waals surface area contributed by atoms with Gasteiger partial charge in [0.25, 0.3) is 5.91 Å². The maximum atomic E-state index is 13.2. The number of nitrogens with one attached hydrogen (secondary N) is 2. The van der Waals surface area contributed by atoms with Gasteiger partial charge in [-0.25, -0.2) is 14.4 Å². The molecule has 2 amide bonds. The molecular formula is C21H19FN4O2S. The Kier molecular flexibility index (Phi) is 6.56. The van der Waals surface area contributed by atoms with Crippen molar-refractivity contribution < 1.29 is 14.0 Å². The van der Waals surface area contributed by atoms with Gasteiger partial charge in [0.05, 0.1) is 6.54 Å². The van der Waals surface area contributed by atoms with Crippen LogP contribution in [-0.4, -0.2) is 28.3 Å². The maximum Gasteiger partial charge on any atom is 0.251 e. The molecule has 0 fully saturated rings. The van der Waals surface area contributed by atoms with Gasteiger partial charge in [-0.3, -0.25) is 9.59 Å². The Bertz CT molecular complexity index is 1020. The maximum absolute atomic E-state index is 13.2. The lowest BCUT2D eigenvalue weighted by Gasteiger charge is -2.08. The van der Waals surface area contributed by atoms with Gasteiger partial charge >= 0.3 is 0 Å². The molecule has 2 aromatic carbocycles. The zero-order chi connectivity index (χ0) is 20.8. The average Bonchev–Trinajstić information content (AvgIpc) is 2.67. The first-order valence-electron chi connectivity index (χ1n) is 8.83. The van der Waals surface area contributed by atoms with Crippen molar-refractivity contribution in [2.75, 3.05) is 11.9 Å². The SMILES string of the molecule is Cc1cc(C)nc(Sc2ccc(NC(=O)CNC(=O)c3cccc(F)c3)cc2)n1. The molecule has 29 heavy (non-hydrogen) atoms. The zero-order valence-electron chi connectivity index (χ0n) is 15.9. The molecular weight excluding hydrogens is 391 g/mol. The number of hydrogen-bond donors (Lipinski definition) is 2. The second kappa shape index (κ2) is 9.29. The van der Waals surface area contributed by atoms with Crippen LogP contribution in [-0.2, 0) is 4.79 Å². The minimum Gasteiger partial charge on any atom is -0.343 e. The normalized spacial score (nSPS) is 10.4. The number of carbonyl (C=O) groups excluding carboxylic acids is 2. The Morgan fingerprint density at radius 2 is 1.69 bits per heavy atom. The second-order valence-electron chi connectivity index (χ2n) is 6.30. The van der Waals surface area contributed by atoms with Crippen LogP contribution >= 0.6 is 11.8 Å². The topological polar surface area (TPSA) is 84.0 Å². The van der Waals surface area contributed by atoms with E-state index >= 15 is 0 Å². The molecule has 2 N–H and O–H groups in total. The Labute approximate surface area is 172 Å². The highest BCUT2D eigenvalue weighted by molar-refractivity contribution is 7.99. The summed E-state index contributed by atoms with van der Waals surface area (Å²) in [5.74, 6) is -1.40. The van der Waals surface area contributed by atoms with Crippen LogP contribution < -0.4 is 10.6 Å². The van der Waals surface area contributed by atoms with Gasteiger partial charge in [-0.05, 0) is 74.1 Å². The van der Waals surface area contributed by atoms with Gasteiger partial charge in [0.1, 0.15) is 5.82 Å². The highest BCUT2D eigenvalue weighted by Gasteiger charge is 2.09. The standard InChI is InChI=1S/C21H19FN4O2S/c1-13-10-14(2)25-21(24-13)29-18-8-6-17(7-9-18)26-19(27)12-23-20(28)15-4-3-5-16(22)11-15/h3-11H,12H2,1-2H3,(H,23,28)(H,26,27). The van der Waals surface area contributed by atoms with Crippen LogP contribution in [0.25, 0.3) is 0 Å². The molecule has 0 saturated heterocycles. The van der Waals surface area contributed by atoms with E-state index in [2.05, 4.69) is 20.6 Å². The lowest BCUT2D eigenvalue weighted by Crippen LogP contribution is -2.32. The number of aryl methyl sites for hydroxylation is 2. The molecule has 0 atom stereocenters. The fraction of sp³-hybridized carbons (Fsp3) is 0.143. The Morgan fingerprint density at radius 1 is 1.00 bits per heavy atom. The summed E-state index contributed by atoms with van der Waals surface area (Å²) in [7, 11) is 0. The van der Waals surface area contributed by atoms with E-state index < -0.39 is 11.7 Å². The third-order valence-electron chi connectivity index (χ3n) is 3.81. The van der Waals surface area contributed by atoms with Crippen molar-refractivity contribution in [3.05, 3.63) is 77.4 Å². The highest BCUT2D eigenvalue weighted by Crippen LogP contribution is 2.26. The van der Waals surface area contributed by atoms with Crippen molar-refractivity contribution in [2.24, 2.45) is 0 Å². The van der Waals surface area contributed by atoms with Gasteiger partial charge in [-0.15, -0.1) is 0 Å². The van der Waals surface area contributed by atoms with Crippen molar-refractivity contribution in [3.8, 4) is 0 Å². The fourth-order valence-electron chi connectivity index (χ4n) is 2.55. The van der Waals surface area contributed by atoms with Gasteiger partial charge in [-0.1, -0.05) is 6.07 Å². The minimum atomic E-state index is -0.514. The summed E-state index contributed by atoms with van der Waals surface area (Å²) in [6.45, 7) is 3.62. The molecule has 0 aliphatic rings. The minimum absolute atomic E-state index is 0.160. The van der Waals surface area contributed by atoms with Gasteiger partial charge in [0.15, 0.2) is 5.16 Å². The smallest absolute Gasteiger partial charge is 0.251 e. The number of benzene rings is 2. The summed E-state index contributed by atoms with van der Waals surface area (Å²) in [4.78, 5) is 33.7. The number of nitrogens with zero attached hydrogens (tertiary/aromatic N) is 2. The third-order valence-corrected chi connectivity index (χ3v) is 4.68. The van der Waals surface area contributed by atoms with Gasteiger partial charge in [-0.2, -0.15) is 0 Å². The number of carbonyl (C=O) groups is 2. The number of halogens is 1. The van der Waals surface area contributed by atoms with Crippen molar-refractivity contribution in [1.29, 1.82) is 0 Å². The molecule has 3 aromatic rings. The number of anilines is 1. The summed E-state index contributed by atoms with van der Waals surface area (Å²) in [6.07, 6.45) is 0. The predicted octanol–water partition coefficient (Wildman–Crippen LogP) is 3.75. The highest BCUT2D eigenvalue weighted by atomic mass is 32.2. The Hall–Kier alpha value is -3.26. The number of aromatic nitrogens is 2. The van der Waals surface area contributed by atoms with E-state index in [0.29, 0.717) is 10.8 Å². The van der Waals surface area contributed by atoms with E-state index in [-0.39, 0.29) is 18.0 Å². The van der Waals surface area contributed by atoms with Crippen molar-refractivity contribution in [2.45, 2.75) is 23.9 Å². The molecule has 6 nitrogen and oxygen atoms in total. The molecule has 0 bridgehead atoms. The van der Waals surface area contributed by atoms with E-state index in [9.17, 15) is 14.0 Å². The van der Waals surface area contributed by atoms with Gasteiger partial charge in [0, 0.05) is 27.5 Å². The summed E-state index contributed by atoms with van der Waals surface area (Å²) >= 11 is 1.43. The molecule has 0 aliphatic carbocycles. The van der Waals surface area contributed by atoms with Crippen LogP contribution in [0.1, 0.15) is 21.7 Å². The first-order valence-corrected chi connectivity index (χ1v) is 9.64. The van der Waals surface area contributed by atoms with E-state index in [1.807, 2.05) is 32.0 Å². The van der Waals surface area contributed by atoms with Gasteiger partial charge in [0.2, 0.25) is 5.91 Å². The Morgan fingerprint density at radius 3 is 2.34 bits per heavy atom. The molecule has 3 rings (SSSR count). The van der Waals surface area contributed by atoms with Crippen LogP contribution in [0, 0.1) is 19.7 Å². The molecule has 0 saturated carbocycles. The summed E-state index contributed by atoms with van der Waals surface area (Å²) in [6, 6.07) is 14.4. The molecule has 148 valence electrons. The summed E-state index contributed by atoms with van der Waals surface area (Å²) < 4.78 is 13.2. The molecule has 1 aromatic heterocycles. The average molecular weight is 410 g/mol. The van der Waals surface area contributed by atoms with Crippen LogP contribution in [0.5, 0.6) is 0 Å². The van der Waals surface area contributed by atoms with Crippen molar-refractivity contribution in [1.82, 2.24) is 15.3 Å². The third kappa shape index (κ3) is 6.11. The number of hydrogen-bond acceptors (Lipinski definition) is 5. The van der Waals surface area contributed by atoms with E-state index in [4.69, 9.17) is 0 Å². The van der Waals surface area contributed by atoms with Crippen LogP contribution in [0.2, 0.25) is 0 Å². The van der Waals surface area contributed by atoms with E-state index in [1.54, 1.807) is 12.1 Å². The molecule has 8 heteroatoms. The van der Waals surface area contributed by atoms with Crippen molar-refractivity contribution >= 4 is 29.3 Å². The predicted molar refractivity (Wildman–Crippen MR) is 109 cm³/mol. The van der Waals surface area contributed by atoms with Crippen LogP contribution in [0.3, 0.4) is 0 Å². The zero-order valence-corrected chi connectivity index (χ0v) is 16.7. The van der Waals surface area contributed by atoms with Crippen LogP contribution in [0.4, 0.5) is 10.1 Å². The fourth-order valence-corrected chi connectivity index (χ4v) is 3.41. The number of rotatable bonds is 6. The molecule has 0 radical (unpaired) electrons. The largest absolute Gasteiger partial charge is 0.343 e. The van der Waals surface area contributed by atoms with Gasteiger partial charge < -0.3 is 10.6 Å². The van der Waals surface area contributed by atoms with E-state index in [0.717, 1.165) is 22.3 Å². The molecule has 0 unspecified atom stereocenters. The molecule has 1 heterocycles. The Balaban J connectivity index is 1.52. The monoisotopic (exact) mass is 410 g/mol. The molecule has 0 spiro atoms. The van der Waals surface area contributed by atoms with Crippen LogP contribution in [0.15, 0.2) is 64.6 Å². The lowest BCUT2D eigenvalue weighted by molar-refractivity contribution is -0.115. The summed E-state index contributed by atoms with van der Waals surface area (Å²) in [5, 5.41) is 5.83. The quantitative estimate of drug-likeness (QED) is 0.605. The molecule has 0 aliphatic heterocycles. The van der Waals surface area contributed by atoms with E-state index in [1.165, 1.54) is 30.0 Å².